The number of nitrogens with one attached hydrogen (secondary N) is 2. The highest BCUT2D eigenvalue weighted by molar-refractivity contribution is 14.0. The Morgan fingerprint density at radius 3 is 2.52 bits per heavy atom. The first-order chi connectivity index (χ1) is 11.3. The third-order valence-electron chi connectivity index (χ3n) is 4.11. The number of aliphatic imine (C=N–C) groups is 1. The summed E-state index contributed by atoms with van der Waals surface area (Å²) in [6.07, 6.45) is 3.29. The minimum Gasteiger partial charge on any atom is -0.356 e. The number of hydrogen-bond acceptors (Lipinski definition) is 4. The maximum Gasteiger partial charge on any atom is 0.238 e. The molecule has 2 rings (SSSR count). The van der Waals surface area contributed by atoms with Gasteiger partial charge in [0.05, 0.1) is 4.90 Å². The van der Waals surface area contributed by atoms with Gasteiger partial charge in [0.25, 0.3) is 0 Å². The van der Waals surface area contributed by atoms with Gasteiger partial charge in [0.1, 0.15) is 0 Å². The fourth-order valence-corrected chi connectivity index (χ4v) is 4.40. The van der Waals surface area contributed by atoms with Crippen molar-refractivity contribution in [1.29, 1.82) is 0 Å². The first-order valence-electron chi connectivity index (χ1n) is 8.03. The van der Waals surface area contributed by atoms with E-state index in [-0.39, 0.29) is 28.9 Å². The number of benzene rings is 1. The average Bonchev–Trinajstić information content (AvgIpc) is 2.97. The smallest absolute Gasteiger partial charge is 0.238 e. The summed E-state index contributed by atoms with van der Waals surface area (Å²) in [5.74, 6) is 2.03. The van der Waals surface area contributed by atoms with Gasteiger partial charge < -0.3 is 10.6 Å². The molecule has 0 saturated carbocycles. The Hall–Kier alpha value is -0.520. The van der Waals surface area contributed by atoms with Crippen LogP contribution in [0.4, 0.5) is 0 Å². The van der Waals surface area contributed by atoms with Gasteiger partial charge >= 0.3 is 0 Å². The number of hydrogen-bond donors (Lipinski definition) is 3. The lowest BCUT2D eigenvalue weighted by molar-refractivity contribution is 0.584. The summed E-state index contributed by atoms with van der Waals surface area (Å²) in [6, 6.07) is 6.65. The summed E-state index contributed by atoms with van der Waals surface area (Å²) < 4.78 is 22.8. The van der Waals surface area contributed by atoms with E-state index >= 15 is 0 Å². The molecule has 0 spiro atoms. The highest BCUT2D eigenvalue weighted by Gasteiger charge is 2.29. The molecule has 1 atom stereocenters. The molecule has 4 N–H and O–H groups in total. The Labute approximate surface area is 171 Å². The zero-order valence-corrected chi connectivity index (χ0v) is 18.6. The standard InChI is InChI=1S/C16H26N4O2S2.HI/c1-16(9-3-11-23-16)12-20-15(18-2)19-10-8-13-4-6-14(7-5-13)24(17,21)22;/h4-7H,3,8-12H2,1-2H3,(H2,17,21,22)(H2,18,19,20);1H. The fourth-order valence-electron chi connectivity index (χ4n) is 2.64. The van der Waals surface area contributed by atoms with E-state index in [2.05, 4.69) is 22.5 Å². The average molecular weight is 498 g/mol. The van der Waals surface area contributed by atoms with Gasteiger partial charge in [-0.25, -0.2) is 13.6 Å². The van der Waals surface area contributed by atoms with Crippen LogP contribution in [0, 0.1) is 0 Å². The number of nitrogens with two attached hydrogens (primary N) is 1. The molecule has 6 nitrogen and oxygen atoms in total. The number of primary sulfonamides is 1. The minimum absolute atomic E-state index is 0. The zero-order valence-electron chi connectivity index (χ0n) is 14.6. The molecule has 1 aromatic carbocycles. The Morgan fingerprint density at radius 2 is 2.00 bits per heavy atom. The number of thioether (sulfide) groups is 1. The Morgan fingerprint density at radius 1 is 1.32 bits per heavy atom. The maximum atomic E-state index is 11.2. The van der Waals surface area contributed by atoms with Gasteiger partial charge in [-0.3, -0.25) is 4.99 Å². The Kier molecular flexibility index (Phi) is 8.99. The van der Waals surface area contributed by atoms with Gasteiger partial charge in [-0.2, -0.15) is 11.8 Å². The van der Waals surface area contributed by atoms with Crippen LogP contribution in [-0.2, 0) is 16.4 Å². The molecule has 0 aliphatic carbocycles. The molecule has 1 aliphatic heterocycles. The van der Waals surface area contributed by atoms with Gasteiger partial charge in [-0.1, -0.05) is 12.1 Å². The number of guanidine groups is 1. The van der Waals surface area contributed by atoms with Crippen molar-refractivity contribution >= 4 is 51.7 Å². The Balaban J connectivity index is 0.00000312. The normalized spacial score (nSPS) is 20.8. The predicted molar refractivity (Wildman–Crippen MR) is 116 cm³/mol. The van der Waals surface area contributed by atoms with Crippen molar-refractivity contribution in [2.45, 2.75) is 35.8 Å². The van der Waals surface area contributed by atoms with Crippen LogP contribution in [-0.4, -0.2) is 45.0 Å². The number of halogens is 1. The van der Waals surface area contributed by atoms with Crippen molar-refractivity contribution in [3.05, 3.63) is 29.8 Å². The fraction of sp³-hybridized carbons (Fsp3) is 0.562. The lowest BCUT2D eigenvalue weighted by Gasteiger charge is -2.24. The van der Waals surface area contributed by atoms with E-state index < -0.39 is 10.0 Å². The van der Waals surface area contributed by atoms with Crippen LogP contribution in [0.25, 0.3) is 0 Å². The molecule has 9 heteroatoms. The van der Waals surface area contributed by atoms with Crippen LogP contribution in [0.5, 0.6) is 0 Å². The third-order valence-corrected chi connectivity index (χ3v) is 6.58. The molecule has 142 valence electrons. The molecule has 25 heavy (non-hydrogen) atoms. The van der Waals surface area contributed by atoms with E-state index in [1.54, 1.807) is 19.2 Å². The predicted octanol–water partition coefficient (Wildman–Crippen LogP) is 1.95. The molecular weight excluding hydrogens is 471 g/mol. The van der Waals surface area contributed by atoms with Crippen molar-refractivity contribution in [3.8, 4) is 0 Å². The van der Waals surface area contributed by atoms with Crippen LogP contribution in [0.2, 0.25) is 0 Å². The number of rotatable bonds is 6. The largest absolute Gasteiger partial charge is 0.356 e. The number of sulfonamides is 1. The van der Waals surface area contributed by atoms with Gasteiger partial charge in [-0.05, 0) is 49.6 Å². The van der Waals surface area contributed by atoms with Crippen LogP contribution < -0.4 is 15.8 Å². The van der Waals surface area contributed by atoms with E-state index in [0.717, 1.165) is 31.0 Å². The molecule has 0 amide bonds. The zero-order chi connectivity index (χ0) is 17.6. The first kappa shape index (κ1) is 22.5. The maximum absolute atomic E-state index is 11.2. The molecule has 1 saturated heterocycles. The highest BCUT2D eigenvalue weighted by atomic mass is 127. The molecule has 0 radical (unpaired) electrons. The highest BCUT2D eigenvalue weighted by Crippen LogP contribution is 2.36. The van der Waals surface area contributed by atoms with Gasteiger partial charge in [0.15, 0.2) is 5.96 Å². The summed E-state index contributed by atoms with van der Waals surface area (Å²) in [6.45, 7) is 3.91. The van der Waals surface area contributed by atoms with Crippen LogP contribution >= 0.6 is 35.7 Å². The summed E-state index contributed by atoms with van der Waals surface area (Å²) in [7, 11) is -1.86. The monoisotopic (exact) mass is 498 g/mol. The van der Waals surface area contributed by atoms with E-state index in [0.29, 0.717) is 4.75 Å². The van der Waals surface area contributed by atoms with Crippen molar-refractivity contribution in [2.75, 3.05) is 25.9 Å². The van der Waals surface area contributed by atoms with Crippen molar-refractivity contribution in [1.82, 2.24) is 10.6 Å². The van der Waals surface area contributed by atoms with E-state index in [1.807, 2.05) is 11.8 Å². The van der Waals surface area contributed by atoms with Crippen LogP contribution in [0.1, 0.15) is 25.3 Å². The third kappa shape index (κ3) is 7.32. The quantitative estimate of drug-likeness (QED) is 0.317. The second-order valence-corrected chi connectivity index (χ2v) is 9.44. The lowest BCUT2D eigenvalue weighted by atomic mass is 10.1. The first-order valence-corrected chi connectivity index (χ1v) is 10.6. The lowest BCUT2D eigenvalue weighted by Crippen LogP contribution is -2.44. The molecule has 1 fully saturated rings. The minimum atomic E-state index is -3.63. The topological polar surface area (TPSA) is 96.6 Å². The molecule has 1 heterocycles. The SMILES string of the molecule is CN=C(NCCc1ccc(S(N)(=O)=O)cc1)NCC1(C)CCCS1.I. The summed E-state index contributed by atoms with van der Waals surface area (Å²) in [5.41, 5.74) is 1.05. The van der Waals surface area contributed by atoms with E-state index in [1.165, 1.54) is 30.7 Å². The summed E-state index contributed by atoms with van der Waals surface area (Å²) >= 11 is 2.02. The van der Waals surface area contributed by atoms with Crippen molar-refractivity contribution in [2.24, 2.45) is 10.1 Å². The van der Waals surface area contributed by atoms with E-state index in [4.69, 9.17) is 5.14 Å². The van der Waals surface area contributed by atoms with Crippen molar-refractivity contribution in [3.63, 3.8) is 0 Å². The second-order valence-electron chi connectivity index (χ2n) is 6.19. The van der Waals surface area contributed by atoms with E-state index in [9.17, 15) is 8.42 Å². The Bertz CT molecular complexity index is 672. The summed E-state index contributed by atoms with van der Waals surface area (Å²) in [5, 5.41) is 11.8. The van der Waals surface area contributed by atoms with Gasteiger partial charge in [0, 0.05) is 24.9 Å². The molecular formula is C16H27IN4O2S2. The molecule has 1 unspecified atom stereocenters. The molecule has 0 aromatic heterocycles. The second kappa shape index (κ2) is 9.98. The molecule has 1 aliphatic rings. The van der Waals surface area contributed by atoms with Gasteiger partial charge in [-0.15, -0.1) is 24.0 Å². The van der Waals surface area contributed by atoms with Crippen LogP contribution in [0.15, 0.2) is 34.2 Å². The number of nitrogens with zero attached hydrogens (tertiary/aromatic N) is 1. The summed E-state index contributed by atoms with van der Waals surface area (Å²) in [4.78, 5) is 4.38. The van der Waals surface area contributed by atoms with Crippen molar-refractivity contribution < 1.29 is 8.42 Å². The molecule has 1 aromatic rings. The molecule has 0 bridgehead atoms. The van der Waals surface area contributed by atoms with Crippen LogP contribution in [0.3, 0.4) is 0 Å². The van der Waals surface area contributed by atoms with Gasteiger partial charge in [0.2, 0.25) is 10.0 Å².